The summed E-state index contributed by atoms with van der Waals surface area (Å²) in [6.07, 6.45) is -1.84. The second-order valence-corrected chi connectivity index (χ2v) is 15.3. The summed E-state index contributed by atoms with van der Waals surface area (Å²) in [5, 5.41) is 14.9. The van der Waals surface area contributed by atoms with E-state index in [1.54, 1.807) is 68.8 Å². The number of benzene rings is 4. The predicted molar refractivity (Wildman–Crippen MR) is 240 cm³/mol. The molecule has 63 heavy (non-hydrogen) atoms. The van der Waals surface area contributed by atoms with Crippen molar-refractivity contribution in [1.82, 2.24) is 14.5 Å². The zero-order chi connectivity index (χ0) is 45.4. The minimum Gasteiger partial charge on any atom is -0.497 e. The van der Waals surface area contributed by atoms with Crippen LogP contribution in [0.2, 0.25) is 0 Å². The van der Waals surface area contributed by atoms with Crippen LogP contribution in [-0.2, 0) is 28.9 Å². The van der Waals surface area contributed by atoms with Crippen molar-refractivity contribution >= 4 is 20.0 Å². The lowest BCUT2D eigenvalue weighted by Crippen LogP contribution is -2.52. The average Bonchev–Trinajstić information content (AvgIpc) is 3.57. The summed E-state index contributed by atoms with van der Waals surface area (Å²) in [6, 6.07) is 33.8. The molecule has 0 aliphatic carbocycles. The summed E-state index contributed by atoms with van der Waals surface area (Å²) >= 11 is 0. The van der Waals surface area contributed by atoms with E-state index in [0.717, 1.165) is 11.0 Å². The van der Waals surface area contributed by atoms with E-state index in [1.165, 1.54) is 31.9 Å². The number of aromatic nitrogens is 2. The van der Waals surface area contributed by atoms with Gasteiger partial charge in [0.1, 0.15) is 29.0 Å². The van der Waals surface area contributed by atoms with Crippen molar-refractivity contribution in [2.24, 2.45) is 0 Å². The number of aliphatic hydroxyl groups is 1. The molecule has 1 saturated heterocycles. The molecule has 1 unspecified atom stereocenters. The number of carbonyl (C=O) groups is 1. The van der Waals surface area contributed by atoms with Crippen molar-refractivity contribution in [3.8, 4) is 11.5 Å². The molecule has 1 amide bonds. The van der Waals surface area contributed by atoms with E-state index in [-0.39, 0.29) is 12.4 Å². The molecule has 2 heterocycles. The van der Waals surface area contributed by atoms with Crippen LogP contribution in [0.25, 0.3) is 0 Å². The van der Waals surface area contributed by atoms with Crippen LogP contribution in [0.3, 0.4) is 0 Å². The molecule has 0 bridgehead atoms. The number of nitrogens with zero attached hydrogens (tertiary/aromatic N) is 3. The number of hydrogen-bond acceptors (Lipinski definition) is 12. The van der Waals surface area contributed by atoms with Crippen molar-refractivity contribution in [2.75, 3.05) is 52.4 Å². The molecule has 1 aliphatic rings. The van der Waals surface area contributed by atoms with Gasteiger partial charge in [0.25, 0.3) is 5.91 Å². The van der Waals surface area contributed by atoms with Crippen LogP contribution in [0.15, 0.2) is 126 Å². The predicted octanol–water partition coefficient (Wildman–Crippen LogP) is 7.04. The standard InChI is InChI=1S/C41H44N3O11P.C6H15N/c1-4-5-26-52-36-38(44-25-24-35(43-39(44)46)42-37(45)28-12-8-6-9-13-28)54-34(41(36,47)55-56(48)49)27-53-40(29-14-10-7-11-15-29,30-16-20-32(50-2)21-17-30)31-18-22-33(51-3)23-19-31;1-4-7(5-2)6-3/h6-25,34,36,38,47,56H,4-5,26-27H2,1-3H3,(H,48,49)(H,42,43,45,46);4-6H2,1-3H3/t34-,36+,38-,41-;/m1./s1. The Morgan fingerprint density at radius 2 is 1.38 bits per heavy atom. The summed E-state index contributed by atoms with van der Waals surface area (Å²) in [7, 11) is -0.719. The normalized spacial score (nSPS) is 18.9. The molecular weight excluding hydrogens is 828 g/mol. The molecule has 15 nitrogen and oxygen atoms in total. The van der Waals surface area contributed by atoms with E-state index in [1.807, 2.05) is 61.5 Å². The summed E-state index contributed by atoms with van der Waals surface area (Å²) in [4.78, 5) is 43.0. The lowest BCUT2D eigenvalue weighted by molar-refractivity contribution is -0.234. The average molecular weight is 887 g/mol. The first kappa shape index (κ1) is 48.8. The van der Waals surface area contributed by atoms with Crippen LogP contribution in [-0.4, -0.2) is 95.4 Å². The number of ether oxygens (including phenoxy) is 5. The van der Waals surface area contributed by atoms with Gasteiger partial charge < -0.3 is 43.9 Å². The molecule has 338 valence electrons. The molecular formula is C47H59N4O11P. The lowest BCUT2D eigenvalue weighted by Gasteiger charge is -2.38. The van der Waals surface area contributed by atoms with Crippen molar-refractivity contribution in [3.63, 3.8) is 0 Å². The SMILES string of the molecule is CCCCO[C@H]1[C@H](n2ccc(NC(=O)c3ccccc3)nc2=O)O[C@H](COC(c2ccccc2)(c2ccc(OC)cc2)c2ccc(OC)cc2)[C@@]1(O)O[PH](=O)O.CCN(CC)CC. The molecule has 5 aromatic rings. The van der Waals surface area contributed by atoms with Gasteiger partial charge in [0, 0.05) is 18.4 Å². The minimum atomic E-state index is -3.85. The van der Waals surface area contributed by atoms with Gasteiger partial charge in [-0.15, -0.1) is 0 Å². The number of rotatable bonds is 20. The Hall–Kier alpha value is -5.22. The van der Waals surface area contributed by atoms with E-state index in [9.17, 15) is 24.2 Å². The van der Waals surface area contributed by atoms with Gasteiger partial charge in [0.05, 0.1) is 20.8 Å². The fraction of sp³-hybridized carbons (Fsp3) is 0.383. The molecule has 4 aromatic carbocycles. The molecule has 1 fully saturated rings. The third-order valence-electron chi connectivity index (χ3n) is 10.8. The Kier molecular flexibility index (Phi) is 18.2. The largest absolute Gasteiger partial charge is 0.497 e. The highest BCUT2D eigenvalue weighted by Gasteiger charge is 2.61. The Morgan fingerprint density at radius 1 is 0.841 bits per heavy atom. The van der Waals surface area contributed by atoms with Gasteiger partial charge >= 0.3 is 13.9 Å². The third-order valence-corrected chi connectivity index (χ3v) is 11.3. The summed E-state index contributed by atoms with van der Waals surface area (Å²) in [6.45, 7) is 11.7. The molecule has 5 atom stereocenters. The maximum absolute atomic E-state index is 13.6. The van der Waals surface area contributed by atoms with E-state index < -0.39 is 56.3 Å². The van der Waals surface area contributed by atoms with Gasteiger partial charge in [-0.3, -0.25) is 18.5 Å². The van der Waals surface area contributed by atoms with Gasteiger partial charge in [0.2, 0.25) is 5.79 Å². The van der Waals surface area contributed by atoms with Gasteiger partial charge in [-0.2, -0.15) is 4.98 Å². The topological polar surface area (TPSA) is 180 Å². The van der Waals surface area contributed by atoms with Gasteiger partial charge in [-0.05, 0) is 85.2 Å². The van der Waals surface area contributed by atoms with Gasteiger partial charge in [0.15, 0.2) is 12.3 Å². The molecule has 1 aromatic heterocycles. The summed E-state index contributed by atoms with van der Waals surface area (Å²) in [5.41, 5.74) is 0.182. The molecule has 0 spiro atoms. The molecule has 6 rings (SSSR count). The minimum absolute atomic E-state index is 0.0278. The van der Waals surface area contributed by atoms with Crippen LogP contribution in [0.4, 0.5) is 5.82 Å². The maximum Gasteiger partial charge on any atom is 0.351 e. The molecule has 0 saturated carbocycles. The Balaban J connectivity index is 0.000000985. The first-order chi connectivity index (χ1) is 30.5. The Bertz CT molecular complexity index is 2190. The second-order valence-electron chi connectivity index (χ2n) is 14.5. The molecule has 3 N–H and O–H groups in total. The first-order valence-electron chi connectivity index (χ1n) is 21.1. The zero-order valence-corrected chi connectivity index (χ0v) is 37.6. The number of hydrogen-bond donors (Lipinski definition) is 3. The fourth-order valence-electron chi connectivity index (χ4n) is 7.31. The van der Waals surface area contributed by atoms with Crippen LogP contribution in [0, 0.1) is 0 Å². The van der Waals surface area contributed by atoms with Gasteiger partial charge in [-0.25, -0.2) is 4.79 Å². The Labute approximate surface area is 369 Å². The number of carbonyl (C=O) groups excluding carboxylic acids is 1. The smallest absolute Gasteiger partial charge is 0.351 e. The van der Waals surface area contributed by atoms with Crippen molar-refractivity contribution in [2.45, 2.75) is 70.4 Å². The molecule has 0 radical (unpaired) electrons. The van der Waals surface area contributed by atoms with E-state index in [4.69, 9.17) is 28.2 Å². The van der Waals surface area contributed by atoms with Gasteiger partial charge in [-0.1, -0.05) is 107 Å². The second kappa shape index (κ2) is 23.5. The summed E-state index contributed by atoms with van der Waals surface area (Å²) in [5.74, 6) is -1.89. The highest BCUT2D eigenvalue weighted by atomic mass is 31.1. The molecule has 16 heteroatoms. The van der Waals surface area contributed by atoms with Crippen LogP contribution >= 0.6 is 8.25 Å². The van der Waals surface area contributed by atoms with E-state index >= 15 is 0 Å². The van der Waals surface area contributed by atoms with E-state index in [2.05, 4.69) is 36.0 Å². The lowest BCUT2D eigenvalue weighted by atomic mass is 9.80. The number of anilines is 1. The van der Waals surface area contributed by atoms with E-state index in [0.29, 0.717) is 40.2 Å². The number of amides is 1. The van der Waals surface area contributed by atoms with Crippen molar-refractivity contribution in [3.05, 3.63) is 154 Å². The quantitative estimate of drug-likeness (QED) is 0.0314. The fourth-order valence-corrected chi connectivity index (χ4v) is 7.84. The monoisotopic (exact) mass is 886 g/mol. The third kappa shape index (κ3) is 11.9. The number of unbranched alkanes of at least 4 members (excludes halogenated alkanes) is 1. The summed E-state index contributed by atoms with van der Waals surface area (Å²) < 4.78 is 49.3. The zero-order valence-electron chi connectivity index (χ0n) is 36.6. The highest BCUT2D eigenvalue weighted by Crippen LogP contribution is 2.47. The van der Waals surface area contributed by atoms with Crippen molar-refractivity contribution in [1.29, 1.82) is 0 Å². The number of nitrogens with one attached hydrogen (secondary N) is 1. The van der Waals surface area contributed by atoms with Crippen molar-refractivity contribution < 1.29 is 47.6 Å². The highest BCUT2D eigenvalue weighted by molar-refractivity contribution is 7.32. The first-order valence-corrected chi connectivity index (χ1v) is 22.3. The maximum atomic E-state index is 13.6. The van der Waals surface area contributed by atoms with Crippen LogP contribution < -0.4 is 20.5 Å². The Morgan fingerprint density at radius 3 is 1.86 bits per heavy atom. The number of methoxy groups -OCH3 is 2. The molecule has 1 aliphatic heterocycles. The van der Waals surface area contributed by atoms with Crippen LogP contribution in [0.5, 0.6) is 11.5 Å². The van der Waals surface area contributed by atoms with Crippen LogP contribution in [0.1, 0.15) is 73.8 Å².